The maximum atomic E-state index is 11.7. The fourth-order valence-corrected chi connectivity index (χ4v) is 3.42. The monoisotopic (exact) mass is 264 g/mol. The number of imidazole rings is 1. The van der Waals surface area contributed by atoms with Crippen LogP contribution in [0.4, 0.5) is 0 Å². The lowest BCUT2D eigenvalue weighted by atomic mass is 10.2. The Morgan fingerprint density at radius 3 is 2.83 bits per heavy atom. The number of nitrogens with one attached hydrogen (secondary N) is 1. The molecule has 5 nitrogen and oxygen atoms in total. The van der Waals surface area contributed by atoms with E-state index in [9.17, 15) is 9.90 Å². The van der Waals surface area contributed by atoms with E-state index >= 15 is 0 Å². The molecule has 2 N–H and O–H groups in total. The summed E-state index contributed by atoms with van der Waals surface area (Å²) in [5.41, 5.74) is 1.40. The number of hydrogen-bond donors (Lipinski definition) is 2. The number of aromatic hydroxyl groups is 1. The van der Waals surface area contributed by atoms with Gasteiger partial charge in [0.05, 0.1) is 12.8 Å². The van der Waals surface area contributed by atoms with Gasteiger partial charge in [0.25, 0.3) is 0 Å². The number of thioether (sulfide) groups is 1. The largest absolute Gasteiger partial charge is 0.497 e. The van der Waals surface area contributed by atoms with Gasteiger partial charge in [-0.05, 0) is 17.7 Å². The van der Waals surface area contributed by atoms with Gasteiger partial charge in [0.1, 0.15) is 11.1 Å². The summed E-state index contributed by atoms with van der Waals surface area (Å²) in [6.07, 6.45) is 0. The van der Waals surface area contributed by atoms with Gasteiger partial charge < -0.3 is 9.84 Å². The number of nitrogens with zero attached hydrogens (tertiary/aromatic N) is 1. The molecule has 0 fully saturated rings. The van der Waals surface area contributed by atoms with E-state index in [-0.39, 0.29) is 16.9 Å². The molecule has 0 radical (unpaired) electrons. The Morgan fingerprint density at radius 1 is 1.44 bits per heavy atom. The summed E-state index contributed by atoms with van der Waals surface area (Å²) in [5, 5.41) is 9.50. The quantitative estimate of drug-likeness (QED) is 0.866. The second-order valence-electron chi connectivity index (χ2n) is 4.03. The maximum Gasteiger partial charge on any atom is 0.329 e. The highest BCUT2D eigenvalue weighted by molar-refractivity contribution is 7.99. The molecule has 6 heteroatoms. The molecule has 18 heavy (non-hydrogen) atoms. The number of aromatic nitrogens is 2. The van der Waals surface area contributed by atoms with Gasteiger partial charge in [-0.3, -0.25) is 9.55 Å². The van der Waals surface area contributed by atoms with E-state index in [4.69, 9.17) is 4.74 Å². The summed E-state index contributed by atoms with van der Waals surface area (Å²) in [7, 11) is 1.62. The molecular weight excluding hydrogens is 252 g/mol. The normalized spacial score (nSPS) is 17.7. The Labute approximate surface area is 107 Å². The SMILES string of the molecule is COc1ccc(C2SCc3c(O)[nH]c(=O)n32)cc1. The highest BCUT2D eigenvalue weighted by Gasteiger charge is 2.29. The number of H-pyrrole nitrogens is 1. The molecule has 1 aromatic carbocycles. The lowest BCUT2D eigenvalue weighted by Crippen LogP contribution is -2.19. The number of aromatic amines is 1. The minimum atomic E-state index is -0.270. The lowest BCUT2D eigenvalue weighted by molar-refractivity contribution is 0.414. The highest BCUT2D eigenvalue weighted by Crippen LogP contribution is 2.41. The van der Waals surface area contributed by atoms with Crippen molar-refractivity contribution in [3.63, 3.8) is 0 Å². The van der Waals surface area contributed by atoms with Gasteiger partial charge in [-0.2, -0.15) is 0 Å². The van der Waals surface area contributed by atoms with Crippen molar-refractivity contribution >= 4 is 11.8 Å². The van der Waals surface area contributed by atoms with Crippen LogP contribution < -0.4 is 10.4 Å². The molecule has 1 atom stereocenters. The van der Waals surface area contributed by atoms with E-state index in [0.717, 1.165) is 11.3 Å². The highest BCUT2D eigenvalue weighted by atomic mass is 32.2. The average molecular weight is 264 g/mol. The molecule has 2 heterocycles. The van der Waals surface area contributed by atoms with Gasteiger partial charge in [0.2, 0.25) is 5.88 Å². The Hall–Kier alpha value is -1.82. The minimum absolute atomic E-state index is 0.0245. The summed E-state index contributed by atoms with van der Waals surface area (Å²) in [4.78, 5) is 14.2. The number of hydrogen-bond acceptors (Lipinski definition) is 4. The molecule has 0 spiro atoms. The van der Waals surface area contributed by atoms with Gasteiger partial charge in [-0.15, -0.1) is 11.8 Å². The zero-order valence-corrected chi connectivity index (χ0v) is 10.5. The van der Waals surface area contributed by atoms with Gasteiger partial charge in [0.15, 0.2) is 0 Å². The van der Waals surface area contributed by atoms with Gasteiger partial charge in [-0.25, -0.2) is 4.79 Å². The molecule has 0 saturated heterocycles. The van der Waals surface area contributed by atoms with Crippen LogP contribution in [-0.2, 0) is 5.75 Å². The fraction of sp³-hybridized carbons (Fsp3) is 0.250. The minimum Gasteiger partial charge on any atom is -0.497 e. The predicted octanol–water partition coefficient (Wildman–Crippen LogP) is 1.68. The Bertz CT molecular complexity index is 630. The van der Waals surface area contributed by atoms with Crippen molar-refractivity contribution in [2.75, 3.05) is 7.11 Å². The van der Waals surface area contributed by atoms with Crippen LogP contribution in [0.3, 0.4) is 0 Å². The first-order chi connectivity index (χ1) is 8.70. The van der Waals surface area contributed by atoms with Crippen LogP contribution in [0.1, 0.15) is 16.6 Å². The molecule has 1 unspecified atom stereocenters. The summed E-state index contributed by atoms with van der Waals surface area (Å²) < 4.78 is 6.71. The Balaban J connectivity index is 2.03. The van der Waals surface area contributed by atoms with Crippen molar-refractivity contribution in [1.82, 2.24) is 9.55 Å². The second kappa shape index (κ2) is 4.13. The third-order valence-corrected chi connectivity index (χ3v) is 4.26. The lowest BCUT2D eigenvalue weighted by Gasteiger charge is -2.11. The maximum absolute atomic E-state index is 11.7. The smallest absolute Gasteiger partial charge is 0.329 e. The average Bonchev–Trinajstić information content (AvgIpc) is 2.93. The summed E-state index contributed by atoms with van der Waals surface area (Å²) in [6, 6.07) is 7.60. The number of benzene rings is 1. The molecule has 2 aromatic rings. The van der Waals surface area contributed by atoms with E-state index < -0.39 is 0 Å². The molecule has 1 aliphatic heterocycles. The summed E-state index contributed by atoms with van der Waals surface area (Å²) >= 11 is 1.61. The third kappa shape index (κ3) is 1.60. The Morgan fingerprint density at radius 2 is 2.17 bits per heavy atom. The van der Waals surface area contributed by atoms with E-state index in [1.807, 2.05) is 24.3 Å². The number of methoxy groups -OCH3 is 1. The van der Waals surface area contributed by atoms with Crippen LogP contribution in [0.15, 0.2) is 29.1 Å². The molecule has 0 amide bonds. The van der Waals surface area contributed by atoms with E-state index in [1.165, 1.54) is 0 Å². The first-order valence-electron chi connectivity index (χ1n) is 5.48. The van der Waals surface area contributed by atoms with E-state index in [0.29, 0.717) is 11.4 Å². The van der Waals surface area contributed by atoms with E-state index in [1.54, 1.807) is 23.4 Å². The molecule has 1 aromatic heterocycles. The summed E-state index contributed by atoms with van der Waals surface area (Å²) in [6.45, 7) is 0. The number of fused-ring (bicyclic) bond motifs is 1. The zero-order chi connectivity index (χ0) is 12.7. The predicted molar refractivity (Wildman–Crippen MR) is 69.1 cm³/mol. The van der Waals surface area contributed by atoms with Gasteiger partial charge >= 0.3 is 5.69 Å². The summed E-state index contributed by atoms with van der Waals surface area (Å²) in [5.74, 6) is 1.39. The van der Waals surface area contributed by atoms with Crippen molar-refractivity contribution < 1.29 is 9.84 Å². The van der Waals surface area contributed by atoms with E-state index in [2.05, 4.69) is 4.98 Å². The molecular formula is C12H12N2O3S. The number of ether oxygens (including phenoxy) is 1. The van der Waals surface area contributed by atoms with Crippen molar-refractivity contribution in [2.45, 2.75) is 11.1 Å². The Kier molecular flexibility index (Phi) is 2.59. The van der Waals surface area contributed by atoms with Gasteiger partial charge in [0, 0.05) is 5.75 Å². The third-order valence-electron chi connectivity index (χ3n) is 3.02. The molecule has 3 rings (SSSR count). The molecule has 0 aliphatic carbocycles. The number of rotatable bonds is 2. The standard InChI is InChI=1S/C12H12N2O3S/c1-17-8-4-2-7(3-5-8)11-14-9(6-18-11)10(15)13-12(14)16/h2-5,11,15H,6H2,1H3,(H,13,16). The van der Waals surface area contributed by atoms with Crippen LogP contribution in [0.5, 0.6) is 11.6 Å². The second-order valence-corrected chi connectivity index (χ2v) is 5.10. The van der Waals surface area contributed by atoms with Gasteiger partial charge in [-0.1, -0.05) is 12.1 Å². The zero-order valence-electron chi connectivity index (χ0n) is 9.71. The molecule has 94 valence electrons. The van der Waals surface area contributed by atoms with Crippen LogP contribution in [0.2, 0.25) is 0 Å². The first-order valence-corrected chi connectivity index (χ1v) is 6.53. The van der Waals surface area contributed by atoms with Crippen LogP contribution in [0.25, 0.3) is 0 Å². The molecule has 0 saturated carbocycles. The van der Waals surface area contributed by atoms with Crippen molar-refractivity contribution in [3.05, 3.63) is 46.0 Å². The topological polar surface area (TPSA) is 67.2 Å². The van der Waals surface area contributed by atoms with Crippen LogP contribution in [0, 0.1) is 0 Å². The fourth-order valence-electron chi connectivity index (χ4n) is 2.10. The van der Waals surface area contributed by atoms with Crippen LogP contribution in [-0.4, -0.2) is 21.8 Å². The molecule has 0 bridgehead atoms. The van der Waals surface area contributed by atoms with Crippen molar-refractivity contribution in [3.8, 4) is 11.6 Å². The van der Waals surface area contributed by atoms with Crippen molar-refractivity contribution in [1.29, 1.82) is 0 Å². The molecule has 1 aliphatic rings. The van der Waals surface area contributed by atoms with Crippen LogP contribution >= 0.6 is 11.8 Å². The van der Waals surface area contributed by atoms with Crippen molar-refractivity contribution in [2.24, 2.45) is 0 Å². The first kappa shape index (κ1) is 11.3.